The molecule has 2 heterocycles. The normalized spacial score (nSPS) is 24.8. The number of hydrogen-bond acceptors (Lipinski definition) is 4. The largest absolute Gasteiger partial charge is 0.374 e. The maximum Gasteiger partial charge on any atom is 0.0948 e. The van der Waals surface area contributed by atoms with Gasteiger partial charge in [0.05, 0.1) is 30.8 Å². The molecule has 1 N–H and O–H groups in total. The predicted octanol–water partition coefficient (Wildman–Crippen LogP) is 1.27. The van der Waals surface area contributed by atoms with Gasteiger partial charge >= 0.3 is 0 Å². The van der Waals surface area contributed by atoms with Crippen molar-refractivity contribution in [1.29, 1.82) is 0 Å². The van der Waals surface area contributed by atoms with Gasteiger partial charge in [-0.25, -0.2) is 4.98 Å². The number of hydrogen-bond donors (Lipinski definition) is 1. The Hall–Kier alpha value is -0.910. The molecule has 0 aliphatic carbocycles. The number of likely N-dealkylation sites (N-methyl/N-ethyl adjacent to an activating group) is 2. The molecule has 108 valence electrons. The highest BCUT2D eigenvalue weighted by atomic mass is 16.5. The number of nitrogens with zero attached hydrogens (tertiary/aromatic N) is 3. The van der Waals surface area contributed by atoms with Crippen molar-refractivity contribution in [1.82, 2.24) is 19.8 Å². The predicted molar refractivity (Wildman–Crippen MR) is 76.2 cm³/mol. The van der Waals surface area contributed by atoms with Crippen molar-refractivity contribution in [3.63, 3.8) is 0 Å². The molecular formula is C14H26N4O. The van der Waals surface area contributed by atoms with Crippen LogP contribution in [-0.4, -0.2) is 53.8 Å². The van der Waals surface area contributed by atoms with Crippen LogP contribution in [0.4, 0.5) is 0 Å². The Morgan fingerprint density at radius 2 is 2.32 bits per heavy atom. The standard InChI is InChI=1S/C14H26N4O/c1-4-6-18-11-16-9-12(18)14-13(10-15-3)19-8-7-17(14)5-2/h9,11,13-15H,4-8,10H2,1-3H3. The number of morpholine rings is 1. The van der Waals surface area contributed by atoms with E-state index in [4.69, 9.17) is 4.74 Å². The number of nitrogens with one attached hydrogen (secondary N) is 1. The Kier molecular flexibility index (Phi) is 5.36. The van der Waals surface area contributed by atoms with E-state index in [1.54, 1.807) is 0 Å². The van der Waals surface area contributed by atoms with Gasteiger partial charge in [-0.05, 0) is 20.0 Å². The summed E-state index contributed by atoms with van der Waals surface area (Å²) in [7, 11) is 1.98. The molecular weight excluding hydrogens is 240 g/mol. The van der Waals surface area contributed by atoms with Gasteiger partial charge in [0.25, 0.3) is 0 Å². The molecule has 0 amide bonds. The minimum absolute atomic E-state index is 0.200. The summed E-state index contributed by atoms with van der Waals surface area (Å²) in [5.41, 5.74) is 1.28. The SMILES string of the molecule is CCCn1cncc1C1C(CNC)OCCN1CC. The van der Waals surface area contributed by atoms with E-state index in [1.165, 1.54) is 5.69 Å². The fraction of sp³-hybridized carbons (Fsp3) is 0.786. The Morgan fingerprint density at radius 3 is 3.00 bits per heavy atom. The fourth-order valence-electron chi connectivity index (χ4n) is 2.90. The third-order valence-corrected chi connectivity index (χ3v) is 3.78. The number of aromatic nitrogens is 2. The molecule has 0 saturated carbocycles. The Labute approximate surface area is 116 Å². The average molecular weight is 266 g/mol. The van der Waals surface area contributed by atoms with E-state index in [2.05, 4.69) is 33.6 Å². The van der Waals surface area contributed by atoms with E-state index < -0.39 is 0 Å². The molecule has 1 saturated heterocycles. The Balaban J connectivity index is 2.25. The first-order valence-corrected chi connectivity index (χ1v) is 7.32. The smallest absolute Gasteiger partial charge is 0.0948 e. The lowest BCUT2D eigenvalue weighted by Crippen LogP contribution is -2.49. The highest BCUT2D eigenvalue weighted by Gasteiger charge is 2.34. The molecule has 1 aromatic heterocycles. The maximum atomic E-state index is 5.97. The molecule has 1 aromatic rings. The lowest BCUT2D eigenvalue weighted by atomic mass is 10.0. The summed E-state index contributed by atoms with van der Waals surface area (Å²) in [6.45, 7) is 9.18. The van der Waals surface area contributed by atoms with Crippen LogP contribution in [0.5, 0.6) is 0 Å². The third kappa shape index (κ3) is 3.16. The van der Waals surface area contributed by atoms with Crippen LogP contribution in [0, 0.1) is 0 Å². The summed E-state index contributed by atoms with van der Waals surface area (Å²) in [4.78, 5) is 6.83. The van der Waals surface area contributed by atoms with E-state index in [0.717, 1.165) is 39.2 Å². The molecule has 0 spiro atoms. The second-order valence-corrected chi connectivity index (χ2v) is 5.05. The summed E-state index contributed by atoms with van der Waals surface area (Å²) in [5.74, 6) is 0. The first-order valence-electron chi connectivity index (χ1n) is 7.32. The van der Waals surface area contributed by atoms with Crippen LogP contribution in [0.15, 0.2) is 12.5 Å². The number of imidazole rings is 1. The van der Waals surface area contributed by atoms with Crippen LogP contribution in [0.1, 0.15) is 32.0 Å². The van der Waals surface area contributed by atoms with Gasteiger partial charge in [-0.2, -0.15) is 0 Å². The molecule has 2 atom stereocenters. The molecule has 5 heteroatoms. The van der Waals surface area contributed by atoms with Crippen molar-refractivity contribution in [3.05, 3.63) is 18.2 Å². The lowest BCUT2D eigenvalue weighted by molar-refractivity contribution is -0.0710. The van der Waals surface area contributed by atoms with Gasteiger partial charge in [0.2, 0.25) is 0 Å². The van der Waals surface area contributed by atoms with Crippen molar-refractivity contribution < 1.29 is 4.74 Å². The number of aryl methyl sites for hydroxylation is 1. The minimum Gasteiger partial charge on any atom is -0.374 e. The molecule has 0 radical (unpaired) electrons. The van der Waals surface area contributed by atoms with Crippen molar-refractivity contribution in [2.45, 2.75) is 39.0 Å². The topological polar surface area (TPSA) is 42.3 Å². The van der Waals surface area contributed by atoms with Gasteiger partial charge < -0.3 is 14.6 Å². The number of rotatable bonds is 6. The molecule has 5 nitrogen and oxygen atoms in total. The second-order valence-electron chi connectivity index (χ2n) is 5.05. The molecule has 19 heavy (non-hydrogen) atoms. The molecule has 0 bridgehead atoms. The quantitative estimate of drug-likeness (QED) is 0.842. The summed E-state index contributed by atoms with van der Waals surface area (Å²) in [5, 5.41) is 3.24. The van der Waals surface area contributed by atoms with Crippen LogP contribution >= 0.6 is 0 Å². The van der Waals surface area contributed by atoms with Crippen LogP contribution < -0.4 is 5.32 Å². The van der Waals surface area contributed by atoms with Crippen molar-refractivity contribution >= 4 is 0 Å². The maximum absolute atomic E-state index is 5.97. The highest BCUT2D eigenvalue weighted by molar-refractivity contribution is 5.10. The second kappa shape index (κ2) is 7.03. The Morgan fingerprint density at radius 1 is 1.47 bits per heavy atom. The van der Waals surface area contributed by atoms with E-state index in [0.29, 0.717) is 6.04 Å². The third-order valence-electron chi connectivity index (χ3n) is 3.78. The van der Waals surface area contributed by atoms with E-state index in [1.807, 2.05) is 19.6 Å². The summed E-state index contributed by atoms with van der Waals surface area (Å²) >= 11 is 0. The molecule has 1 fully saturated rings. The van der Waals surface area contributed by atoms with E-state index in [-0.39, 0.29) is 6.10 Å². The van der Waals surface area contributed by atoms with Crippen molar-refractivity contribution in [2.24, 2.45) is 0 Å². The monoisotopic (exact) mass is 266 g/mol. The number of ether oxygens (including phenoxy) is 1. The van der Waals surface area contributed by atoms with Crippen LogP contribution in [0.2, 0.25) is 0 Å². The van der Waals surface area contributed by atoms with Gasteiger partial charge in [0, 0.05) is 25.8 Å². The first-order chi connectivity index (χ1) is 9.31. The molecule has 1 aliphatic rings. The molecule has 2 rings (SSSR count). The van der Waals surface area contributed by atoms with E-state index >= 15 is 0 Å². The van der Waals surface area contributed by atoms with Gasteiger partial charge in [-0.1, -0.05) is 13.8 Å². The fourth-order valence-corrected chi connectivity index (χ4v) is 2.90. The van der Waals surface area contributed by atoms with Gasteiger partial charge in [0.15, 0.2) is 0 Å². The molecule has 0 aromatic carbocycles. The van der Waals surface area contributed by atoms with Crippen LogP contribution in [0.25, 0.3) is 0 Å². The first kappa shape index (κ1) is 14.5. The average Bonchev–Trinajstić information content (AvgIpc) is 2.87. The zero-order valence-electron chi connectivity index (χ0n) is 12.3. The highest BCUT2D eigenvalue weighted by Crippen LogP contribution is 2.29. The molecule has 2 unspecified atom stereocenters. The lowest BCUT2D eigenvalue weighted by Gasteiger charge is -2.41. The zero-order chi connectivity index (χ0) is 13.7. The van der Waals surface area contributed by atoms with Crippen LogP contribution in [0.3, 0.4) is 0 Å². The Bertz CT molecular complexity index is 377. The van der Waals surface area contributed by atoms with E-state index in [9.17, 15) is 0 Å². The van der Waals surface area contributed by atoms with Crippen molar-refractivity contribution in [3.8, 4) is 0 Å². The summed E-state index contributed by atoms with van der Waals surface area (Å²) in [6.07, 6.45) is 5.27. The van der Waals surface area contributed by atoms with Gasteiger partial charge in [0.1, 0.15) is 0 Å². The minimum atomic E-state index is 0.200. The zero-order valence-corrected chi connectivity index (χ0v) is 12.3. The summed E-state index contributed by atoms with van der Waals surface area (Å²) < 4.78 is 8.24. The molecule has 1 aliphatic heterocycles. The summed E-state index contributed by atoms with van der Waals surface area (Å²) in [6, 6.07) is 0.306. The van der Waals surface area contributed by atoms with Gasteiger partial charge in [-0.3, -0.25) is 4.90 Å². The van der Waals surface area contributed by atoms with Crippen molar-refractivity contribution in [2.75, 3.05) is 33.3 Å². The van der Waals surface area contributed by atoms with Crippen LogP contribution in [-0.2, 0) is 11.3 Å². The van der Waals surface area contributed by atoms with Gasteiger partial charge in [-0.15, -0.1) is 0 Å².